The number of benzene rings is 1. The van der Waals surface area contributed by atoms with Gasteiger partial charge in [0.05, 0.1) is 11.0 Å². The van der Waals surface area contributed by atoms with Crippen molar-refractivity contribution in [2.45, 2.75) is 38.5 Å². The molecule has 0 saturated heterocycles. The Labute approximate surface area is 179 Å². The van der Waals surface area contributed by atoms with Crippen LogP contribution in [0.4, 0.5) is 5.69 Å². The number of aromatic nitrogens is 4. The van der Waals surface area contributed by atoms with Crippen LogP contribution in [-0.4, -0.2) is 25.4 Å². The molecule has 3 aromatic heterocycles. The first-order valence-corrected chi connectivity index (χ1v) is 10.8. The first-order chi connectivity index (χ1) is 15.1. The summed E-state index contributed by atoms with van der Waals surface area (Å²) in [6.45, 7) is 0. The van der Waals surface area contributed by atoms with Crippen LogP contribution in [0.15, 0.2) is 47.5 Å². The highest BCUT2D eigenvalue weighted by Gasteiger charge is 2.18. The largest absolute Gasteiger partial charge is 0.335 e. The number of anilines is 1. The van der Waals surface area contributed by atoms with Crippen molar-refractivity contribution in [2.75, 3.05) is 5.32 Å². The molecule has 1 fully saturated rings. The third kappa shape index (κ3) is 3.83. The minimum Gasteiger partial charge on any atom is -0.335 e. The normalized spacial score (nSPS) is 14.9. The van der Waals surface area contributed by atoms with Crippen molar-refractivity contribution < 1.29 is 4.79 Å². The molecule has 7 heteroatoms. The lowest BCUT2D eigenvalue weighted by Gasteiger charge is -2.20. The van der Waals surface area contributed by atoms with Crippen molar-refractivity contribution in [3.05, 3.63) is 53.1 Å². The number of rotatable bonds is 4. The number of fused-ring (bicyclic) bond motifs is 2. The summed E-state index contributed by atoms with van der Waals surface area (Å²) < 4.78 is 1.89. The minimum atomic E-state index is -0.269. The van der Waals surface area contributed by atoms with Crippen LogP contribution in [0, 0.1) is 5.92 Å². The van der Waals surface area contributed by atoms with Crippen LogP contribution >= 0.6 is 0 Å². The molecule has 1 amide bonds. The molecule has 0 bridgehead atoms. The van der Waals surface area contributed by atoms with Gasteiger partial charge in [-0.25, -0.2) is 9.97 Å². The number of hydrogen-bond acceptors (Lipinski definition) is 4. The molecule has 0 spiro atoms. The van der Waals surface area contributed by atoms with E-state index in [1.54, 1.807) is 12.3 Å². The molecule has 0 aliphatic heterocycles. The number of hydrogen-bond donors (Lipinski definition) is 2. The fraction of sp³-hybridized carbons (Fsp3) is 0.333. The van der Waals surface area contributed by atoms with Gasteiger partial charge < -0.3 is 14.9 Å². The predicted octanol–water partition coefficient (Wildman–Crippen LogP) is 4.39. The van der Waals surface area contributed by atoms with Gasteiger partial charge in [0.2, 0.25) is 5.91 Å². The molecule has 1 saturated carbocycles. The van der Waals surface area contributed by atoms with Gasteiger partial charge in [0.15, 0.2) is 0 Å². The van der Waals surface area contributed by atoms with Crippen molar-refractivity contribution in [1.29, 1.82) is 0 Å². The second kappa shape index (κ2) is 7.98. The molecular weight excluding hydrogens is 390 g/mol. The standard InChI is InChI=1S/C24H25N5O2/c1-29-14-18(17-8-5-11-25-23(17)29)22-24(31)28-20-13-16(9-10-19(20)27-22)26-21(30)12-15-6-3-2-4-7-15/h5,8-11,13-15H,2-4,6-7,12H2,1H3,(H,26,30)(H,28,31). The summed E-state index contributed by atoms with van der Waals surface area (Å²) in [6, 6.07) is 9.23. The van der Waals surface area contributed by atoms with Crippen LogP contribution in [0.3, 0.4) is 0 Å². The summed E-state index contributed by atoms with van der Waals surface area (Å²) in [6.07, 6.45) is 10.1. The van der Waals surface area contributed by atoms with Gasteiger partial charge in [-0.1, -0.05) is 19.3 Å². The smallest absolute Gasteiger partial charge is 0.275 e. The third-order valence-corrected chi connectivity index (χ3v) is 6.16. The molecule has 0 unspecified atom stereocenters. The van der Waals surface area contributed by atoms with Crippen LogP contribution in [0.5, 0.6) is 0 Å². The molecule has 2 N–H and O–H groups in total. The predicted molar refractivity (Wildman–Crippen MR) is 122 cm³/mol. The lowest BCUT2D eigenvalue weighted by atomic mass is 9.87. The second-order valence-corrected chi connectivity index (χ2v) is 8.43. The van der Waals surface area contributed by atoms with Crippen LogP contribution in [0.2, 0.25) is 0 Å². The second-order valence-electron chi connectivity index (χ2n) is 8.43. The Kier molecular flexibility index (Phi) is 5.02. The Hall–Kier alpha value is -3.48. The molecule has 158 valence electrons. The highest BCUT2D eigenvalue weighted by Crippen LogP contribution is 2.28. The quantitative estimate of drug-likeness (QED) is 0.517. The van der Waals surface area contributed by atoms with Crippen molar-refractivity contribution in [3.63, 3.8) is 0 Å². The molecule has 1 aromatic carbocycles. The highest BCUT2D eigenvalue weighted by atomic mass is 16.1. The Morgan fingerprint density at radius 1 is 1.23 bits per heavy atom. The van der Waals surface area contributed by atoms with E-state index in [1.807, 2.05) is 42.1 Å². The van der Waals surface area contributed by atoms with Gasteiger partial charge in [0.25, 0.3) is 5.56 Å². The number of aromatic amines is 1. The van der Waals surface area contributed by atoms with E-state index in [-0.39, 0.29) is 11.5 Å². The monoisotopic (exact) mass is 415 g/mol. The lowest BCUT2D eigenvalue weighted by molar-refractivity contribution is -0.117. The summed E-state index contributed by atoms with van der Waals surface area (Å²) in [5.74, 6) is 0.509. The molecule has 5 rings (SSSR count). The molecule has 3 heterocycles. The molecule has 0 radical (unpaired) electrons. The number of amides is 1. The molecule has 0 atom stereocenters. The van der Waals surface area contributed by atoms with Gasteiger partial charge in [0, 0.05) is 42.5 Å². The van der Waals surface area contributed by atoms with Gasteiger partial charge in [-0.15, -0.1) is 0 Å². The zero-order valence-electron chi connectivity index (χ0n) is 17.5. The van der Waals surface area contributed by atoms with Crippen LogP contribution in [0.1, 0.15) is 38.5 Å². The number of aryl methyl sites for hydroxylation is 1. The SMILES string of the molecule is Cn1cc(-c2nc3ccc(NC(=O)CC4CCCCC4)cc3[nH]c2=O)c2cccnc21. The van der Waals surface area contributed by atoms with Crippen molar-refractivity contribution >= 4 is 33.7 Å². The average Bonchev–Trinajstić information content (AvgIpc) is 3.10. The van der Waals surface area contributed by atoms with E-state index >= 15 is 0 Å². The van der Waals surface area contributed by atoms with Gasteiger partial charge in [-0.3, -0.25) is 9.59 Å². The number of carbonyl (C=O) groups excluding carboxylic acids is 1. The lowest BCUT2D eigenvalue weighted by Crippen LogP contribution is -2.18. The van der Waals surface area contributed by atoms with Gasteiger partial charge in [0.1, 0.15) is 11.3 Å². The third-order valence-electron chi connectivity index (χ3n) is 6.16. The highest BCUT2D eigenvalue weighted by molar-refractivity contribution is 5.95. The van der Waals surface area contributed by atoms with Crippen LogP contribution < -0.4 is 10.9 Å². The molecule has 31 heavy (non-hydrogen) atoms. The van der Waals surface area contributed by atoms with Crippen LogP contribution in [-0.2, 0) is 11.8 Å². The molecular formula is C24H25N5O2. The topological polar surface area (TPSA) is 92.7 Å². The summed E-state index contributed by atoms with van der Waals surface area (Å²) in [5, 5.41) is 3.86. The van der Waals surface area contributed by atoms with Gasteiger partial charge in [-0.2, -0.15) is 0 Å². The first-order valence-electron chi connectivity index (χ1n) is 10.8. The van der Waals surface area contributed by atoms with E-state index in [9.17, 15) is 9.59 Å². The van der Waals surface area contributed by atoms with E-state index in [0.29, 0.717) is 34.8 Å². The molecule has 4 aromatic rings. The molecule has 7 nitrogen and oxygen atoms in total. The van der Waals surface area contributed by atoms with Gasteiger partial charge >= 0.3 is 0 Å². The van der Waals surface area contributed by atoms with E-state index in [4.69, 9.17) is 0 Å². The zero-order valence-corrected chi connectivity index (χ0v) is 17.5. The number of H-pyrrole nitrogens is 1. The fourth-order valence-corrected chi connectivity index (χ4v) is 4.61. The minimum absolute atomic E-state index is 0.0291. The van der Waals surface area contributed by atoms with Crippen molar-refractivity contribution in [2.24, 2.45) is 13.0 Å². The maximum atomic E-state index is 12.8. The number of nitrogens with one attached hydrogen (secondary N) is 2. The molecule has 1 aliphatic rings. The van der Waals surface area contributed by atoms with Crippen molar-refractivity contribution in [3.8, 4) is 11.3 Å². The van der Waals surface area contributed by atoms with E-state index in [2.05, 4.69) is 20.3 Å². The first kappa shape index (κ1) is 19.5. The van der Waals surface area contributed by atoms with E-state index in [0.717, 1.165) is 29.4 Å². The maximum Gasteiger partial charge on any atom is 0.275 e. The Bertz CT molecular complexity index is 1330. The van der Waals surface area contributed by atoms with Gasteiger partial charge in [-0.05, 0) is 49.1 Å². The number of nitrogens with zero attached hydrogens (tertiary/aromatic N) is 3. The Balaban J connectivity index is 1.43. The van der Waals surface area contributed by atoms with Crippen molar-refractivity contribution in [1.82, 2.24) is 19.5 Å². The van der Waals surface area contributed by atoms with E-state index < -0.39 is 0 Å². The summed E-state index contributed by atoms with van der Waals surface area (Å²) in [5.41, 5.74) is 3.58. The maximum absolute atomic E-state index is 12.8. The van der Waals surface area contributed by atoms with Crippen LogP contribution in [0.25, 0.3) is 33.3 Å². The Morgan fingerprint density at radius 2 is 2.06 bits per heavy atom. The number of pyridine rings is 1. The zero-order chi connectivity index (χ0) is 21.4. The Morgan fingerprint density at radius 3 is 2.90 bits per heavy atom. The summed E-state index contributed by atoms with van der Waals surface area (Å²) in [7, 11) is 1.90. The fourth-order valence-electron chi connectivity index (χ4n) is 4.61. The molecule has 1 aliphatic carbocycles. The summed E-state index contributed by atoms with van der Waals surface area (Å²) >= 11 is 0. The number of carbonyl (C=O) groups is 1. The average molecular weight is 415 g/mol. The van der Waals surface area contributed by atoms with E-state index in [1.165, 1.54) is 19.3 Å². The summed E-state index contributed by atoms with van der Waals surface area (Å²) in [4.78, 5) is 37.2.